The van der Waals surface area contributed by atoms with Crippen molar-refractivity contribution in [2.24, 2.45) is 5.41 Å². The first-order valence-electron chi connectivity index (χ1n) is 17.7. The van der Waals surface area contributed by atoms with Crippen molar-refractivity contribution >= 4 is 34.3 Å². The Kier molecular flexibility index (Phi) is 11.4. The van der Waals surface area contributed by atoms with E-state index in [-0.39, 0.29) is 40.9 Å². The van der Waals surface area contributed by atoms with Crippen molar-refractivity contribution in [1.29, 1.82) is 0 Å². The zero-order valence-corrected chi connectivity index (χ0v) is 33.3. The lowest BCUT2D eigenvalue weighted by Crippen LogP contribution is -2.66. The molecule has 0 radical (unpaired) electrons. The lowest BCUT2D eigenvalue weighted by Gasteiger charge is -2.49. The summed E-state index contributed by atoms with van der Waals surface area (Å²) < 4.78 is 59.8. The van der Waals surface area contributed by atoms with E-state index in [1.54, 1.807) is 44.2 Å². The SMILES string of the molecule is CO[C@@]1(C(C)(C)CS(=O)(=O)c2ccccc2)O[C@H](C[C@H]2OC(C)(C)O[C@@H]2C)C/C(=C\CO[Si](c2ccccc2)(c2ccccc2)C(C)(C)C)C1=O. The molecule has 0 aliphatic carbocycles. The minimum absolute atomic E-state index is 0.163. The molecule has 2 aliphatic heterocycles. The normalized spacial score (nSPS) is 25.3. The molecule has 2 heterocycles. The number of carbonyl (C=O) groups excluding carboxylic acids is 1. The molecule has 51 heavy (non-hydrogen) atoms. The third-order valence-corrected chi connectivity index (χ3v) is 17.3. The molecular formula is C41H54O8SSi. The lowest BCUT2D eigenvalue weighted by molar-refractivity contribution is -0.284. The summed E-state index contributed by atoms with van der Waals surface area (Å²) in [5, 5.41) is 2.00. The van der Waals surface area contributed by atoms with Gasteiger partial charge in [0.15, 0.2) is 15.6 Å². The van der Waals surface area contributed by atoms with Crippen molar-refractivity contribution in [3.8, 4) is 0 Å². The third-order valence-electron chi connectivity index (χ3n) is 10.2. The molecule has 3 aromatic carbocycles. The summed E-state index contributed by atoms with van der Waals surface area (Å²) in [5.41, 5.74) is -0.829. The van der Waals surface area contributed by atoms with E-state index in [1.807, 2.05) is 63.2 Å². The number of rotatable bonds is 12. The van der Waals surface area contributed by atoms with Crippen molar-refractivity contribution in [3.05, 3.63) is 103 Å². The average Bonchev–Trinajstić information content (AvgIpc) is 3.34. The summed E-state index contributed by atoms with van der Waals surface area (Å²) in [4.78, 5) is 14.9. The Morgan fingerprint density at radius 3 is 1.84 bits per heavy atom. The lowest BCUT2D eigenvalue weighted by atomic mass is 9.76. The van der Waals surface area contributed by atoms with Gasteiger partial charge < -0.3 is 23.4 Å². The summed E-state index contributed by atoms with van der Waals surface area (Å²) in [6, 6.07) is 28.9. The highest BCUT2D eigenvalue weighted by Gasteiger charge is 2.59. The Bertz CT molecular complexity index is 1750. The second-order valence-electron chi connectivity index (χ2n) is 15.9. The summed E-state index contributed by atoms with van der Waals surface area (Å²) in [6.07, 6.45) is 1.49. The monoisotopic (exact) mass is 734 g/mol. The summed E-state index contributed by atoms with van der Waals surface area (Å²) >= 11 is 0. The molecule has 3 aromatic rings. The van der Waals surface area contributed by atoms with Crippen LogP contribution in [0.4, 0.5) is 0 Å². The predicted octanol–water partition coefficient (Wildman–Crippen LogP) is 6.62. The molecule has 0 saturated carbocycles. The molecule has 10 heteroatoms. The molecule has 2 fully saturated rings. The van der Waals surface area contributed by atoms with E-state index in [0.717, 1.165) is 10.4 Å². The van der Waals surface area contributed by atoms with E-state index in [4.69, 9.17) is 23.4 Å². The van der Waals surface area contributed by atoms with Crippen LogP contribution >= 0.6 is 0 Å². The van der Waals surface area contributed by atoms with Gasteiger partial charge in [-0.25, -0.2) is 8.42 Å². The van der Waals surface area contributed by atoms with Gasteiger partial charge in [-0.3, -0.25) is 4.79 Å². The van der Waals surface area contributed by atoms with Crippen LogP contribution in [0.2, 0.25) is 5.04 Å². The molecule has 4 atom stereocenters. The van der Waals surface area contributed by atoms with Crippen LogP contribution in [0.15, 0.2) is 108 Å². The first-order valence-corrected chi connectivity index (χ1v) is 21.3. The number of hydrogen-bond acceptors (Lipinski definition) is 8. The van der Waals surface area contributed by atoms with Crippen LogP contribution in [-0.4, -0.2) is 71.9 Å². The van der Waals surface area contributed by atoms with Crippen LogP contribution in [0, 0.1) is 5.41 Å². The van der Waals surface area contributed by atoms with E-state index in [9.17, 15) is 13.2 Å². The van der Waals surface area contributed by atoms with Crippen LogP contribution in [0.1, 0.15) is 68.2 Å². The Labute approximate surface area is 305 Å². The number of hydrogen-bond donors (Lipinski definition) is 0. The maximum Gasteiger partial charge on any atom is 0.261 e. The van der Waals surface area contributed by atoms with E-state index < -0.39 is 47.0 Å². The molecule has 8 nitrogen and oxygen atoms in total. The minimum atomic E-state index is -3.83. The first-order chi connectivity index (χ1) is 23.9. The van der Waals surface area contributed by atoms with Crippen LogP contribution in [0.3, 0.4) is 0 Å². The first kappa shape index (κ1) is 39.2. The standard InChI is InChI=1S/C41H54O8SSi/c1-30-36(49-40(7,8)47-30)28-32-27-31(37(42)41(45-9,48-32)39(5,6)29-50(43,44)33-19-13-10-14-20-33)25-26-46-51(38(2,3)4,34-21-15-11-16-22-34)35-23-17-12-18-24-35/h10-25,30,32,36H,26-29H2,1-9H3/b31-25+/t30-,32+,36-,41-/m1/s1. The third kappa shape index (κ3) is 7.88. The van der Waals surface area contributed by atoms with Gasteiger partial charge in [0, 0.05) is 30.9 Å². The number of methoxy groups -OCH3 is 1. The molecule has 0 aromatic heterocycles. The Hall–Kier alpha value is -2.96. The Morgan fingerprint density at radius 2 is 1.37 bits per heavy atom. The predicted molar refractivity (Wildman–Crippen MR) is 202 cm³/mol. The van der Waals surface area contributed by atoms with Gasteiger partial charge in [-0.05, 0) is 48.3 Å². The zero-order chi connectivity index (χ0) is 37.3. The largest absolute Gasteiger partial charge is 0.404 e. The number of sulfone groups is 1. The van der Waals surface area contributed by atoms with Crippen molar-refractivity contribution in [2.75, 3.05) is 19.5 Å². The van der Waals surface area contributed by atoms with Gasteiger partial charge in [-0.15, -0.1) is 0 Å². The van der Waals surface area contributed by atoms with Crippen molar-refractivity contribution < 1.29 is 36.6 Å². The number of ketones is 1. The highest BCUT2D eigenvalue weighted by molar-refractivity contribution is 7.91. The molecule has 0 spiro atoms. The van der Waals surface area contributed by atoms with Gasteiger partial charge in [0.2, 0.25) is 11.6 Å². The molecule has 0 amide bonds. The molecule has 0 N–H and O–H groups in total. The molecule has 5 rings (SSSR count). The van der Waals surface area contributed by atoms with Crippen LogP contribution < -0.4 is 10.4 Å². The van der Waals surface area contributed by atoms with Gasteiger partial charge in [-0.1, -0.05) is 120 Å². The zero-order valence-electron chi connectivity index (χ0n) is 31.5. The van der Waals surface area contributed by atoms with Crippen LogP contribution in [-0.2, 0) is 38.0 Å². The maximum absolute atomic E-state index is 14.8. The summed E-state index contributed by atoms with van der Waals surface area (Å²) in [6.45, 7) is 15.9. The van der Waals surface area contributed by atoms with Gasteiger partial charge in [0.25, 0.3) is 8.32 Å². The topological polar surface area (TPSA) is 97.4 Å². The summed E-state index contributed by atoms with van der Waals surface area (Å²) in [7, 11) is -5.33. The second-order valence-corrected chi connectivity index (χ2v) is 22.2. The van der Waals surface area contributed by atoms with E-state index in [1.165, 1.54) is 7.11 Å². The number of ether oxygens (including phenoxy) is 4. The van der Waals surface area contributed by atoms with Gasteiger partial charge in [0.05, 0.1) is 35.6 Å². The fourth-order valence-electron chi connectivity index (χ4n) is 7.89. The molecule has 276 valence electrons. The van der Waals surface area contributed by atoms with Crippen molar-refractivity contribution in [3.63, 3.8) is 0 Å². The fourth-order valence-corrected chi connectivity index (χ4v) is 14.3. The highest BCUT2D eigenvalue weighted by atomic mass is 32.2. The molecule has 2 aliphatic rings. The number of Topliss-reactive ketones (excluding diaryl/α,β-unsaturated/α-hetero) is 1. The Morgan fingerprint density at radius 1 is 0.843 bits per heavy atom. The van der Waals surface area contributed by atoms with Gasteiger partial charge in [-0.2, -0.15) is 0 Å². The van der Waals surface area contributed by atoms with E-state index in [2.05, 4.69) is 45.0 Å². The highest BCUT2D eigenvalue weighted by Crippen LogP contribution is 2.46. The van der Waals surface area contributed by atoms with E-state index >= 15 is 0 Å². The number of carbonyl (C=O) groups is 1. The molecule has 2 saturated heterocycles. The fraction of sp³-hybridized carbons (Fsp3) is 0.488. The molecular weight excluding hydrogens is 681 g/mol. The van der Waals surface area contributed by atoms with Crippen LogP contribution in [0.5, 0.6) is 0 Å². The molecule has 0 bridgehead atoms. The van der Waals surface area contributed by atoms with Crippen LogP contribution in [0.25, 0.3) is 0 Å². The second kappa shape index (κ2) is 14.8. The van der Waals surface area contributed by atoms with Crippen molar-refractivity contribution in [1.82, 2.24) is 0 Å². The summed E-state index contributed by atoms with van der Waals surface area (Å²) in [5.74, 6) is -3.45. The number of benzene rings is 3. The van der Waals surface area contributed by atoms with Crippen molar-refractivity contribution in [2.45, 2.75) is 108 Å². The Balaban J connectivity index is 1.55. The quantitative estimate of drug-likeness (QED) is 0.151. The molecule has 0 unspecified atom stereocenters. The van der Waals surface area contributed by atoms with E-state index in [0.29, 0.717) is 12.0 Å². The average molecular weight is 735 g/mol. The smallest absolute Gasteiger partial charge is 0.261 e. The minimum Gasteiger partial charge on any atom is -0.404 e. The maximum atomic E-state index is 14.8. The van der Waals surface area contributed by atoms with Gasteiger partial charge >= 0.3 is 0 Å². The van der Waals surface area contributed by atoms with Gasteiger partial charge in [0.1, 0.15) is 0 Å².